The molecule has 2 aromatic carbocycles. The molecule has 0 spiro atoms. The Morgan fingerprint density at radius 3 is 2.22 bits per heavy atom. The first-order chi connectivity index (χ1) is 10.7. The summed E-state index contributed by atoms with van der Waals surface area (Å²) in [4.78, 5) is 9.10. The van der Waals surface area contributed by atoms with Crippen molar-refractivity contribution in [1.29, 1.82) is 11.1 Å². The van der Waals surface area contributed by atoms with E-state index in [1.165, 1.54) is 12.1 Å². The maximum absolute atomic E-state index is 11.4. The zero-order valence-electron chi connectivity index (χ0n) is 10.9. The smallest absolute Gasteiger partial charge is 0.333 e. The molecule has 0 aliphatic carbocycles. The molecule has 0 saturated heterocycles. The van der Waals surface area contributed by atoms with Gasteiger partial charge in [0.1, 0.15) is 16.7 Å². The number of hydrogen-bond acceptors (Lipinski definition) is 9. The van der Waals surface area contributed by atoms with Crippen molar-refractivity contribution in [1.82, 2.24) is 0 Å². The second-order valence-corrected chi connectivity index (χ2v) is 4.65. The van der Waals surface area contributed by atoms with Crippen molar-refractivity contribution in [3.63, 3.8) is 0 Å². The SMILES string of the molecule is N=[N+]([O-])c1cc(OS(=O)[O-])c2cccc([N+](=O)[O-])c2c1[N+](=N)[O-]. The normalized spacial score (nSPS) is 11.9. The topological polar surface area (TPSA) is 192 Å². The van der Waals surface area contributed by atoms with Crippen molar-refractivity contribution in [3.05, 3.63) is 44.8 Å². The minimum Gasteiger partial charge on any atom is -0.740 e. The lowest BCUT2D eigenvalue weighted by Gasteiger charge is -2.12. The number of fused-ring (bicyclic) bond motifs is 1. The van der Waals surface area contributed by atoms with Crippen LogP contribution >= 0.6 is 0 Å². The first kappa shape index (κ1) is 16.2. The van der Waals surface area contributed by atoms with Gasteiger partial charge in [0.2, 0.25) is 0 Å². The van der Waals surface area contributed by atoms with Gasteiger partial charge in [-0.25, -0.2) is 4.21 Å². The molecule has 0 aliphatic rings. The van der Waals surface area contributed by atoms with Gasteiger partial charge in [0.15, 0.2) is 5.75 Å². The lowest BCUT2D eigenvalue weighted by atomic mass is 10.0. The molecule has 0 bridgehead atoms. The molecule has 13 heteroatoms. The number of nitro groups is 1. The molecule has 2 aromatic rings. The van der Waals surface area contributed by atoms with Crippen molar-refractivity contribution in [2.24, 2.45) is 0 Å². The largest absolute Gasteiger partial charge is 0.740 e. The van der Waals surface area contributed by atoms with Gasteiger partial charge in [-0.2, -0.15) is 0 Å². The molecule has 120 valence electrons. The molecule has 0 amide bonds. The number of benzene rings is 2. The van der Waals surface area contributed by atoms with E-state index < -0.39 is 54.2 Å². The van der Waals surface area contributed by atoms with E-state index in [9.17, 15) is 29.3 Å². The van der Waals surface area contributed by atoms with Crippen LogP contribution in [0, 0.1) is 31.6 Å². The van der Waals surface area contributed by atoms with E-state index in [0.29, 0.717) is 0 Å². The number of nitro benzene ring substituents is 1. The van der Waals surface area contributed by atoms with E-state index in [4.69, 9.17) is 11.1 Å². The maximum atomic E-state index is 11.4. The van der Waals surface area contributed by atoms with Crippen molar-refractivity contribution >= 4 is 39.2 Å². The van der Waals surface area contributed by atoms with Crippen LogP contribution in [0.1, 0.15) is 0 Å². The van der Waals surface area contributed by atoms with Crippen LogP contribution in [0.2, 0.25) is 0 Å². The number of nitrogens with zero attached hydrogens (tertiary/aromatic N) is 3. The van der Waals surface area contributed by atoms with Gasteiger partial charge < -0.3 is 19.2 Å². The van der Waals surface area contributed by atoms with Gasteiger partial charge in [-0.1, -0.05) is 10.9 Å². The van der Waals surface area contributed by atoms with Crippen molar-refractivity contribution in [2.75, 3.05) is 0 Å². The molecule has 0 heterocycles. The van der Waals surface area contributed by atoms with Crippen molar-refractivity contribution in [3.8, 4) is 5.75 Å². The van der Waals surface area contributed by atoms with Crippen molar-refractivity contribution < 1.29 is 27.6 Å². The van der Waals surface area contributed by atoms with E-state index in [-0.39, 0.29) is 5.39 Å². The van der Waals surface area contributed by atoms with Gasteiger partial charge >= 0.3 is 11.4 Å². The van der Waals surface area contributed by atoms with Crippen molar-refractivity contribution in [2.45, 2.75) is 0 Å². The highest BCUT2D eigenvalue weighted by molar-refractivity contribution is 7.74. The number of rotatable bonds is 5. The lowest BCUT2D eigenvalue weighted by Crippen LogP contribution is -2.04. The standard InChI is InChI=1S/C10H7N5O7S/c11-13(16)7-4-8(22-23(20)21)5-2-1-3-6(15(18)19)9(5)10(7)14(12)17/h1-4,11-12H,(H,20,21)/p-1. The molecular weight excluding hydrogens is 334 g/mol. The first-order valence-corrected chi connectivity index (χ1v) is 6.62. The zero-order valence-corrected chi connectivity index (χ0v) is 11.7. The third-order valence-corrected chi connectivity index (χ3v) is 3.15. The Hall–Kier alpha value is -3.19. The quantitative estimate of drug-likeness (QED) is 0.274. The minimum absolute atomic E-state index is 0.183. The molecule has 23 heavy (non-hydrogen) atoms. The molecule has 2 rings (SSSR count). The summed E-state index contributed by atoms with van der Waals surface area (Å²) in [6, 6.07) is 4.15. The third kappa shape index (κ3) is 2.90. The average molecular weight is 340 g/mol. The number of hydrogen-bond donors (Lipinski definition) is 2. The fourth-order valence-electron chi connectivity index (χ4n) is 2.05. The molecule has 1 atom stereocenters. The summed E-state index contributed by atoms with van der Waals surface area (Å²) in [5, 5.41) is 33.2. The van der Waals surface area contributed by atoms with Gasteiger partial charge in [0.25, 0.3) is 5.69 Å². The molecule has 1 unspecified atom stereocenters. The van der Waals surface area contributed by atoms with Crippen LogP contribution in [-0.4, -0.2) is 23.4 Å². The highest BCUT2D eigenvalue weighted by Gasteiger charge is 2.32. The molecule has 0 aromatic heterocycles. The predicted molar refractivity (Wildman–Crippen MR) is 72.2 cm³/mol. The summed E-state index contributed by atoms with van der Waals surface area (Å²) in [7, 11) is 0. The molecule has 0 fully saturated rings. The van der Waals surface area contributed by atoms with E-state index in [2.05, 4.69) is 4.18 Å². The molecule has 0 radical (unpaired) electrons. The van der Waals surface area contributed by atoms with Gasteiger partial charge in [0.05, 0.1) is 11.0 Å². The predicted octanol–water partition coefficient (Wildman–Crippen LogP) is 2.27. The Kier molecular flexibility index (Phi) is 4.15. The highest BCUT2D eigenvalue weighted by atomic mass is 32.2. The first-order valence-electron chi connectivity index (χ1n) is 5.62. The Morgan fingerprint density at radius 1 is 1.09 bits per heavy atom. The summed E-state index contributed by atoms with van der Waals surface area (Å²) >= 11 is -3.07. The van der Waals surface area contributed by atoms with Crippen LogP contribution < -0.4 is 4.18 Å². The molecule has 0 aliphatic heterocycles. The summed E-state index contributed by atoms with van der Waals surface area (Å²) in [6.07, 6.45) is 0. The lowest BCUT2D eigenvalue weighted by molar-refractivity contribution is -0.499. The van der Waals surface area contributed by atoms with E-state index in [0.717, 1.165) is 12.1 Å². The van der Waals surface area contributed by atoms with E-state index in [1.54, 1.807) is 0 Å². The number of nitrogens with one attached hydrogen (secondary N) is 2. The zero-order chi connectivity index (χ0) is 17.3. The van der Waals surface area contributed by atoms with Crippen LogP contribution in [0.25, 0.3) is 10.8 Å². The monoisotopic (exact) mass is 340 g/mol. The summed E-state index contributed by atoms with van der Waals surface area (Å²) in [6.45, 7) is 0. The highest BCUT2D eigenvalue weighted by Crippen LogP contribution is 2.44. The second kappa shape index (κ2) is 5.90. The van der Waals surface area contributed by atoms with Crippen LogP contribution in [-0.2, 0) is 11.4 Å². The molecule has 2 N–H and O–H groups in total. The molecular formula is C10H6N5O7S-. The molecule has 0 saturated carbocycles. The van der Waals surface area contributed by atoms with Gasteiger partial charge in [-0.05, 0) is 22.0 Å². The van der Waals surface area contributed by atoms with Crippen LogP contribution in [0.5, 0.6) is 5.75 Å². The van der Waals surface area contributed by atoms with E-state index >= 15 is 0 Å². The molecule has 12 nitrogen and oxygen atoms in total. The van der Waals surface area contributed by atoms with Crippen LogP contribution in [0.15, 0.2) is 24.3 Å². The Morgan fingerprint density at radius 2 is 1.74 bits per heavy atom. The van der Waals surface area contributed by atoms with Gasteiger partial charge in [0, 0.05) is 11.5 Å². The Bertz CT molecular complexity index is 884. The Labute approximate surface area is 129 Å². The van der Waals surface area contributed by atoms with Crippen LogP contribution in [0.4, 0.5) is 17.1 Å². The average Bonchev–Trinajstić information content (AvgIpc) is 2.44. The fourth-order valence-corrected chi connectivity index (χ4v) is 2.33. The fraction of sp³-hybridized carbons (Fsp3) is 0. The third-order valence-electron chi connectivity index (χ3n) is 2.83. The van der Waals surface area contributed by atoms with Crippen LogP contribution in [0.3, 0.4) is 0 Å². The summed E-state index contributed by atoms with van der Waals surface area (Å²) < 4.78 is 25.9. The number of non-ortho nitro benzene ring substituents is 1. The second-order valence-electron chi connectivity index (χ2n) is 4.08. The van der Waals surface area contributed by atoms with E-state index in [1.807, 2.05) is 0 Å². The van der Waals surface area contributed by atoms with Gasteiger partial charge in [-0.3, -0.25) is 10.1 Å². The minimum atomic E-state index is -3.07. The summed E-state index contributed by atoms with van der Waals surface area (Å²) in [5.74, 6) is -0.495. The van der Waals surface area contributed by atoms with Gasteiger partial charge in [-0.15, -0.1) is 0 Å². The summed E-state index contributed by atoms with van der Waals surface area (Å²) in [5.41, 5.74) is 11.9. The Balaban J connectivity index is 3.07. The maximum Gasteiger partial charge on any atom is 0.333 e.